The zero-order valence-corrected chi connectivity index (χ0v) is 15.3. The zero-order valence-electron chi connectivity index (χ0n) is 14.5. The fourth-order valence-corrected chi connectivity index (χ4v) is 2.92. The molecule has 6 heteroatoms. The Morgan fingerprint density at radius 3 is 2.50 bits per heavy atom. The molecule has 1 aliphatic rings. The van der Waals surface area contributed by atoms with Crippen LogP contribution < -0.4 is 10.2 Å². The van der Waals surface area contributed by atoms with Crippen LogP contribution in [-0.4, -0.2) is 31.7 Å². The molecule has 2 amide bonds. The van der Waals surface area contributed by atoms with Crippen LogP contribution in [0.15, 0.2) is 54.6 Å². The van der Waals surface area contributed by atoms with E-state index >= 15 is 0 Å². The first-order chi connectivity index (χ1) is 12.2. The minimum absolute atomic E-state index is 0. The Hall–Kier alpha value is -2.53. The standard InChI is InChI=1S/C20H22N2O3.ClH/c23-19(25-15-12-16-6-2-1-3-7-16)11-10-17-8-4-5-9-18(17)22-14-13-21-20(22)24;/h1-9H,10-15H2,(H,21,24);1H. The van der Waals surface area contributed by atoms with Gasteiger partial charge in [-0.2, -0.15) is 0 Å². The summed E-state index contributed by atoms with van der Waals surface area (Å²) < 4.78 is 5.32. The number of hydrogen-bond donors (Lipinski definition) is 1. The van der Waals surface area contributed by atoms with Crippen molar-refractivity contribution in [2.45, 2.75) is 19.3 Å². The number of aryl methyl sites for hydroxylation is 1. The third-order valence-corrected chi connectivity index (χ3v) is 4.23. The first kappa shape index (κ1) is 19.8. The van der Waals surface area contributed by atoms with E-state index in [-0.39, 0.29) is 24.4 Å². The number of halogens is 1. The smallest absolute Gasteiger partial charge is 0.322 e. The second kappa shape index (κ2) is 9.82. The third kappa shape index (κ3) is 5.23. The predicted octanol–water partition coefficient (Wildman–Crippen LogP) is 3.36. The molecule has 0 spiro atoms. The summed E-state index contributed by atoms with van der Waals surface area (Å²) in [5.41, 5.74) is 3.01. The molecule has 3 rings (SSSR count). The molecule has 0 radical (unpaired) electrons. The van der Waals surface area contributed by atoms with E-state index in [1.165, 1.54) is 0 Å². The Kier molecular flexibility index (Phi) is 7.48. The number of esters is 1. The molecule has 0 bridgehead atoms. The van der Waals surface area contributed by atoms with Crippen molar-refractivity contribution in [3.05, 3.63) is 65.7 Å². The molecule has 1 saturated heterocycles. The minimum Gasteiger partial charge on any atom is -0.465 e. The van der Waals surface area contributed by atoms with Crippen molar-refractivity contribution in [3.8, 4) is 0 Å². The van der Waals surface area contributed by atoms with Gasteiger partial charge in [-0.1, -0.05) is 48.5 Å². The molecule has 0 atom stereocenters. The van der Waals surface area contributed by atoms with Gasteiger partial charge in [-0.3, -0.25) is 9.69 Å². The highest BCUT2D eigenvalue weighted by molar-refractivity contribution is 5.94. The number of ether oxygens (including phenoxy) is 1. The van der Waals surface area contributed by atoms with E-state index in [4.69, 9.17) is 4.74 Å². The number of hydrogen-bond acceptors (Lipinski definition) is 3. The molecule has 26 heavy (non-hydrogen) atoms. The average Bonchev–Trinajstić information content (AvgIpc) is 3.07. The van der Waals surface area contributed by atoms with E-state index in [1.54, 1.807) is 4.90 Å². The number of urea groups is 1. The molecule has 1 aliphatic heterocycles. The molecule has 0 saturated carbocycles. The van der Waals surface area contributed by atoms with Crippen molar-refractivity contribution < 1.29 is 14.3 Å². The average molecular weight is 375 g/mol. The van der Waals surface area contributed by atoms with E-state index in [9.17, 15) is 9.59 Å². The van der Waals surface area contributed by atoms with Gasteiger partial charge in [0, 0.05) is 31.6 Å². The normalized spacial score (nSPS) is 13.1. The number of rotatable bonds is 7. The van der Waals surface area contributed by atoms with E-state index in [2.05, 4.69) is 5.32 Å². The number of para-hydroxylation sites is 1. The summed E-state index contributed by atoms with van der Waals surface area (Å²) in [6, 6.07) is 17.6. The largest absolute Gasteiger partial charge is 0.465 e. The van der Waals surface area contributed by atoms with Gasteiger partial charge in [0.2, 0.25) is 0 Å². The second-order valence-electron chi connectivity index (χ2n) is 5.97. The van der Waals surface area contributed by atoms with Crippen molar-refractivity contribution in [1.82, 2.24) is 5.32 Å². The Balaban J connectivity index is 0.00000243. The van der Waals surface area contributed by atoms with E-state index in [1.807, 2.05) is 54.6 Å². The topological polar surface area (TPSA) is 58.6 Å². The lowest BCUT2D eigenvalue weighted by Gasteiger charge is -2.18. The lowest BCUT2D eigenvalue weighted by atomic mass is 10.1. The van der Waals surface area contributed by atoms with Crippen LogP contribution in [0.1, 0.15) is 17.5 Å². The summed E-state index contributed by atoms with van der Waals surface area (Å²) in [4.78, 5) is 25.6. The summed E-state index contributed by atoms with van der Waals surface area (Å²) in [5, 5.41) is 2.80. The summed E-state index contributed by atoms with van der Waals surface area (Å²) in [6.45, 7) is 1.69. The SMILES string of the molecule is Cl.O=C(CCc1ccccc1N1CCNC1=O)OCCc1ccccc1. The van der Waals surface area contributed by atoms with Gasteiger partial charge in [0.1, 0.15) is 0 Å². The highest BCUT2D eigenvalue weighted by Crippen LogP contribution is 2.23. The maximum absolute atomic E-state index is 12.0. The van der Waals surface area contributed by atoms with Gasteiger partial charge < -0.3 is 10.1 Å². The van der Waals surface area contributed by atoms with Crippen LogP contribution >= 0.6 is 12.4 Å². The molecule has 0 aliphatic carbocycles. The lowest BCUT2D eigenvalue weighted by Crippen LogP contribution is -2.28. The molecule has 1 fully saturated rings. The van der Waals surface area contributed by atoms with Gasteiger partial charge in [-0.15, -0.1) is 12.4 Å². The maximum atomic E-state index is 12.0. The number of nitrogens with one attached hydrogen (secondary N) is 1. The minimum atomic E-state index is -0.211. The van der Waals surface area contributed by atoms with Crippen LogP contribution in [0.4, 0.5) is 10.5 Å². The third-order valence-electron chi connectivity index (χ3n) is 4.23. The van der Waals surface area contributed by atoms with Gasteiger partial charge in [-0.05, 0) is 23.6 Å². The summed E-state index contributed by atoms with van der Waals surface area (Å²) >= 11 is 0. The van der Waals surface area contributed by atoms with E-state index in [0.29, 0.717) is 32.5 Å². The first-order valence-corrected chi connectivity index (χ1v) is 8.57. The summed E-state index contributed by atoms with van der Waals surface area (Å²) in [5.74, 6) is -0.211. The maximum Gasteiger partial charge on any atom is 0.322 e. The fourth-order valence-electron chi connectivity index (χ4n) is 2.92. The molecule has 0 aromatic heterocycles. The predicted molar refractivity (Wildman–Crippen MR) is 104 cm³/mol. The first-order valence-electron chi connectivity index (χ1n) is 8.57. The fraction of sp³-hybridized carbons (Fsp3) is 0.300. The molecule has 0 unspecified atom stereocenters. The second-order valence-corrected chi connectivity index (χ2v) is 5.97. The van der Waals surface area contributed by atoms with E-state index < -0.39 is 0 Å². The molecular formula is C20H23ClN2O3. The monoisotopic (exact) mass is 374 g/mol. The van der Waals surface area contributed by atoms with Crippen LogP contribution in [0.5, 0.6) is 0 Å². The molecule has 138 valence electrons. The number of benzene rings is 2. The highest BCUT2D eigenvalue weighted by Gasteiger charge is 2.23. The van der Waals surface area contributed by atoms with Crippen molar-refractivity contribution >= 4 is 30.1 Å². The Labute approximate surface area is 159 Å². The van der Waals surface area contributed by atoms with Crippen molar-refractivity contribution in [2.75, 3.05) is 24.6 Å². The van der Waals surface area contributed by atoms with E-state index in [0.717, 1.165) is 23.2 Å². The molecule has 1 N–H and O–H groups in total. The summed E-state index contributed by atoms with van der Waals surface area (Å²) in [7, 11) is 0. The van der Waals surface area contributed by atoms with Gasteiger partial charge in [0.25, 0.3) is 0 Å². The van der Waals surface area contributed by atoms with Gasteiger partial charge in [-0.25, -0.2) is 4.79 Å². The van der Waals surface area contributed by atoms with Crippen LogP contribution in [0, 0.1) is 0 Å². The van der Waals surface area contributed by atoms with Gasteiger partial charge in [0.05, 0.1) is 6.61 Å². The van der Waals surface area contributed by atoms with Gasteiger partial charge in [0.15, 0.2) is 0 Å². The Bertz CT molecular complexity index is 737. The van der Waals surface area contributed by atoms with Crippen LogP contribution in [0.2, 0.25) is 0 Å². The number of amides is 2. The number of nitrogens with zero attached hydrogens (tertiary/aromatic N) is 1. The molecule has 2 aromatic rings. The number of anilines is 1. The van der Waals surface area contributed by atoms with Crippen LogP contribution in [0.3, 0.4) is 0 Å². The Morgan fingerprint density at radius 2 is 1.77 bits per heavy atom. The van der Waals surface area contributed by atoms with Crippen molar-refractivity contribution in [1.29, 1.82) is 0 Å². The van der Waals surface area contributed by atoms with Crippen LogP contribution in [-0.2, 0) is 22.4 Å². The quantitative estimate of drug-likeness (QED) is 0.756. The van der Waals surface area contributed by atoms with Crippen LogP contribution in [0.25, 0.3) is 0 Å². The van der Waals surface area contributed by atoms with Crippen molar-refractivity contribution in [3.63, 3.8) is 0 Å². The number of carbonyl (C=O) groups excluding carboxylic acids is 2. The Morgan fingerprint density at radius 1 is 1.04 bits per heavy atom. The lowest BCUT2D eigenvalue weighted by molar-refractivity contribution is -0.143. The zero-order chi connectivity index (χ0) is 17.5. The summed E-state index contributed by atoms with van der Waals surface area (Å²) in [6.07, 6.45) is 1.59. The number of carbonyl (C=O) groups is 2. The highest BCUT2D eigenvalue weighted by atomic mass is 35.5. The molecule has 5 nitrogen and oxygen atoms in total. The molecule has 1 heterocycles. The van der Waals surface area contributed by atoms with Gasteiger partial charge >= 0.3 is 12.0 Å². The molecular weight excluding hydrogens is 352 g/mol. The van der Waals surface area contributed by atoms with Crippen molar-refractivity contribution in [2.24, 2.45) is 0 Å². The molecule has 2 aromatic carbocycles.